The van der Waals surface area contributed by atoms with E-state index in [1.807, 2.05) is 61.2 Å². The highest BCUT2D eigenvalue weighted by Crippen LogP contribution is 2.28. The van der Waals surface area contributed by atoms with Gasteiger partial charge < -0.3 is 14.2 Å². The molecule has 0 atom stereocenters. The lowest BCUT2D eigenvalue weighted by Gasteiger charge is -2.34. The zero-order valence-electron chi connectivity index (χ0n) is 18.5. The number of nitrogens with zero attached hydrogens (tertiary/aromatic N) is 4. The first-order valence-electron chi connectivity index (χ1n) is 10.8. The van der Waals surface area contributed by atoms with Crippen LogP contribution >= 0.6 is 11.8 Å². The molecule has 1 fully saturated rings. The SMILES string of the molecule is Cc1noc(C)c1CSc1ncccc1C(=O)N1CCN(CCOc2ccccc2)CC1. The van der Waals surface area contributed by atoms with Crippen molar-refractivity contribution in [3.8, 4) is 5.75 Å². The predicted molar refractivity (Wildman–Crippen MR) is 124 cm³/mol. The number of aromatic nitrogens is 2. The minimum atomic E-state index is 0.0412. The van der Waals surface area contributed by atoms with Crippen LogP contribution in [-0.2, 0) is 5.75 Å². The Bertz CT molecular complexity index is 1010. The minimum Gasteiger partial charge on any atom is -0.492 e. The second-order valence-electron chi connectivity index (χ2n) is 7.74. The van der Waals surface area contributed by atoms with Crippen LogP contribution in [0.1, 0.15) is 27.4 Å². The quantitative estimate of drug-likeness (QED) is 0.481. The van der Waals surface area contributed by atoms with E-state index < -0.39 is 0 Å². The third kappa shape index (κ3) is 5.49. The molecule has 0 spiro atoms. The molecule has 3 aromatic rings. The molecule has 0 N–H and O–H groups in total. The van der Waals surface area contributed by atoms with Crippen molar-refractivity contribution < 1.29 is 14.1 Å². The number of pyridine rings is 1. The van der Waals surface area contributed by atoms with Crippen molar-refractivity contribution in [3.05, 3.63) is 71.2 Å². The van der Waals surface area contributed by atoms with Crippen molar-refractivity contribution in [2.75, 3.05) is 39.3 Å². The monoisotopic (exact) mass is 452 g/mol. The normalized spacial score (nSPS) is 14.5. The van der Waals surface area contributed by atoms with Gasteiger partial charge in [0, 0.05) is 50.2 Å². The van der Waals surface area contributed by atoms with Crippen molar-refractivity contribution >= 4 is 17.7 Å². The molecule has 32 heavy (non-hydrogen) atoms. The van der Waals surface area contributed by atoms with Gasteiger partial charge in [0.2, 0.25) is 0 Å². The van der Waals surface area contributed by atoms with Gasteiger partial charge in [-0.2, -0.15) is 0 Å². The molecule has 8 heteroatoms. The smallest absolute Gasteiger partial charge is 0.256 e. The molecule has 0 radical (unpaired) electrons. The van der Waals surface area contributed by atoms with Crippen LogP contribution in [-0.4, -0.2) is 65.2 Å². The molecule has 7 nitrogen and oxygen atoms in total. The molecule has 1 aliphatic heterocycles. The minimum absolute atomic E-state index is 0.0412. The highest BCUT2D eigenvalue weighted by Gasteiger charge is 2.24. The maximum Gasteiger partial charge on any atom is 0.256 e. The number of rotatable bonds is 8. The summed E-state index contributed by atoms with van der Waals surface area (Å²) in [6.07, 6.45) is 1.73. The molecule has 168 valence electrons. The molecule has 1 aromatic carbocycles. The zero-order valence-corrected chi connectivity index (χ0v) is 19.3. The van der Waals surface area contributed by atoms with Crippen molar-refractivity contribution in [3.63, 3.8) is 0 Å². The highest BCUT2D eigenvalue weighted by atomic mass is 32.2. The van der Waals surface area contributed by atoms with Crippen LogP contribution in [0.15, 0.2) is 58.2 Å². The Morgan fingerprint density at radius 2 is 1.88 bits per heavy atom. The van der Waals surface area contributed by atoms with E-state index in [0.717, 1.165) is 47.4 Å². The Morgan fingerprint density at radius 3 is 2.59 bits per heavy atom. The Kier molecular flexibility index (Phi) is 7.44. The summed E-state index contributed by atoms with van der Waals surface area (Å²) < 4.78 is 11.0. The number of carbonyl (C=O) groups excluding carboxylic acids is 1. The fourth-order valence-electron chi connectivity index (χ4n) is 3.67. The van der Waals surface area contributed by atoms with E-state index in [9.17, 15) is 4.79 Å². The van der Waals surface area contributed by atoms with Crippen molar-refractivity contribution in [1.82, 2.24) is 19.9 Å². The zero-order chi connectivity index (χ0) is 22.3. The summed E-state index contributed by atoms with van der Waals surface area (Å²) in [6, 6.07) is 13.5. The number of ether oxygens (including phenoxy) is 1. The molecule has 1 aliphatic rings. The number of para-hydroxylation sites is 1. The Morgan fingerprint density at radius 1 is 1.09 bits per heavy atom. The number of thioether (sulfide) groups is 1. The number of hydrogen-bond acceptors (Lipinski definition) is 7. The third-order valence-corrected chi connectivity index (χ3v) is 6.65. The number of piperazine rings is 1. The van der Waals surface area contributed by atoms with Gasteiger partial charge >= 0.3 is 0 Å². The summed E-state index contributed by atoms with van der Waals surface area (Å²) in [7, 11) is 0. The Labute approximate surface area is 192 Å². The Hall–Kier alpha value is -2.84. The molecule has 4 rings (SSSR count). The fourth-order valence-corrected chi connectivity index (χ4v) is 4.81. The average molecular weight is 453 g/mol. The second kappa shape index (κ2) is 10.7. The fraction of sp³-hybridized carbons (Fsp3) is 0.375. The van der Waals surface area contributed by atoms with Crippen LogP contribution in [0.25, 0.3) is 0 Å². The lowest BCUT2D eigenvalue weighted by molar-refractivity contribution is 0.0616. The van der Waals surface area contributed by atoms with Gasteiger partial charge in [0.25, 0.3) is 5.91 Å². The van der Waals surface area contributed by atoms with E-state index in [4.69, 9.17) is 9.26 Å². The van der Waals surface area contributed by atoms with Crippen LogP contribution in [0.4, 0.5) is 0 Å². The van der Waals surface area contributed by atoms with Gasteiger partial charge in [0.1, 0.15) is 23.1 Å². The maximum absolute atomic E-state index is 13.2. The number of carbonyl (C=O) groups is 1. The lowest BCUT2D eigenvalue weighted by Crippen LogP contribution is -2.49. The van der Waals surface area contributed by atoms with Crippen molar-refractivity contribution in [2.24, 2.45) is 0 Å². The summed E-state index contributed by atoms with van der Waals surface area (Å²) in [4.78, 5) is 22.0. The van der Waals surface area contributed by atoms with E-state index in [2.05, 4.69) is 15.0 Å². The van der Waals surface area contributed by atoms with Crippen LogP contribution in [0.3, 0.4) is 0 Å². The number of aryl methyl sites for hydroxylation is 2. The van der Waals surface area contributed by atoms with E-state index in [1.54, 1.807) is 18.0 Å². The lowest BCUT2D eigenvalue weighted by atomic mass is 10.2. The molecular formula is C24H28N4O3S. The Balaban J connectivity index is 1.29. The molecule has 2 aromatic heterocycles. The molecule has 0 saturated carbocycles. The van der Waals surface area contributed by atoms with Gasteiger partial charge in [-0.1, -0.05) is 23.4 Å². The van der Waals surface area contributed by atoms with E-state index in [-0.39, 0.29) is 5.91 Å². The predicted octanol–water partition coefficient (Wildman–Crippen LogP) is 3.82. The molecular weight excluding hydrogens is 424 g/mol. The topological polar surface area (TPSA) is 71.7 Å². The molecule has 0 bridgehead atoms. The largest absolute Gasteiger partial charge is 0.492 e. The van der Waals surface area contributed by atoms with Gasteiger partial charge in [-0.05, 0) is 38.1 Å². The van der Waals surface area contributed by atoms with Crippen LogP contribution in [0.2, 0.25) is 0 Å². The van der Waals surface area contributed by atoms with E-state index in [0.29, 0.717) is 31.0 Å². The van der Waals surface area contributed by atoms with E-state index in [1.165, 1.54) is 0 Å². The summed E-state index contributed by atoms with van der Waals surface area (Å²) in [6.45, 7) is 8.41. The molecule has 0 aliphatic carbocycles. The maximum atomic E-state index is 13.2. The first-order chi connectivity index (χ1) is 15.6. The first kappa shape index (κ1) is 22.4. The first-order valence-corrected chi connectivity index (χ1v) is 11.8. The summed E-state index contributed by atoms with van der Waals surface area (Å²) >= 11 is 1.55. The van der Waals surface area contributed by atoms with Gasteiger partial charge in [-0.25, -0.2) is 4.98 Å². The van der Waals surface area contributed by atoms with Gasteiger partial charge in [-0.15, -0.1) is 11.8 Å². The van der Waals surface area contributed by atoms with Gasteiger partial charge in [-0.3, -0.25) is 9.69 Å². The molecule has 1 saturated heterocycles. The second-order valence-corrected chi connectivity index (χ2v) is 8.71. The third-order valence-electron chi connectivity index (χ3n) is 5.61. The van der Waals surface area contributed by atoms with Crippen LogP contribution in [0.5, 0.6) is 5.75 Å². The van der Waals surface area contributed by atoms with E-state index >= 15 is 0 Å². The highest BCUT2D eigenvalue weighted by molar-refractivity contribution is 7.98. The van der Waals surface area contributed by atoms with Crippen molar-refractivity contribution in [1.29, 1.82) is 0 Å². The number of hydrogen-bond donors (Lipinski definition) is 0. The average Bonchev–Trinajstić information content (AvgIpc) is 3.15. The summed E-state index contributed by atoms with van der Waals surface area (Å²) in [5, 5.41) is 4.75. The van der Waals surface area contributed by atoms with Crippen molar-refractivity contribution in [2.45, 2.75) is 24.6 Å². The summed E-state index contributed by atoms with van der Waals surface area (Å²) in [5.41, 5.74) is 2.60. The molecule has 1 amide bonds. The van der Waals surface area contributed by atoms with Gasteiger partial charge in [0.15, 0.2) is 0 Å². The molecule has 3 heterocycles. The number of benzene rings is 1. The summed E-state index contributed by atoms with van der Waals surface area (Å²) in [5.74, 6) is 2.42. The standard InChI is InChI=1S/C24H28N4O3S/c1-18-22(19(2)31-26-18)17-32-23-21(9-6-10-25-23)24(29)28-13-11-27(12-14-28)15-16-30-20-7-4-3-5-8-20/h3-10H,11-17H2,1-2H3. The van der Waals surface area contributed by atoms with Gasteiger partial charge in [0.05, 0.1) is 11.3 Å². The van der Waals surface area contributed by atoms with Crippen LogP contribution < -0.4 is 4.74 Å². The number of amides is 1. The van der Waals surface area contributed by atoms with Crippen LogP contribution in [0, 0.1) is 13.8 Å². The molecule has 0 unspecified atom stereocenters.